The zero-order valence-corrected chi connectivity index (χ0v) is 18.3. The summed E-state index contributed by atoms with van der Waals surface area (Å²) in [5.41, 5.74) is 1.92. The Bertz CT molecular complexity index is 802. The predicted molar refractivity (Wildman–Crippen MR) is 118 cm³/mol. The molecule has 0 radical (unpaired) electrons. The fourth-order valence-electron chi connectivity index (χ4n) is 2.83. The molecule has 0 aliphatic heterocycles. The second-order valence-corrected chi connectivity index (χ2v) is 8.10. The number of halogens is 2. The maximum absolute atomic E-state index is 13.0. The first kappa shape index (κ1) is 22.6. The van der Waals surface area contributed by atoms with Crippen molar-refractivity contribution in [2.75, 3.05) is 12.8 Å². The molecule has 2 aromatic carbocycles. The number of nitrogens with one attached hydrogen (secondary N) is 1. The van der Waals surface area contributed by atoms with E-state index in [-0.39, 0.29) is 24.1 Å². The molecule has 2 rings (SSSR count). The average molecular weight is 439 g/mol. The van der Waals surface area contributed by atoms with Crippen molar-refractivity contribution >= 4 is 46.8 Å². The van der Waals surface area contributed by atoms with Crippen LogP contribution < -0.4 is 5.32 Å². The molecule has 0 saturated carbocycles. The fourth-order valence-corrected chi connectivity index (χ4v) is 4.17. The number of nitrogens with zero attached hydrogens (tertiary/aromatic N) is 1. The highest BCUT2D eigenvalue weighted by atomic mass is 35.5. The van der Waals surface area contributed by atoms with Gasteiger partial charge in [-0.1, -0.05) is 66.5 Å². The zero-order chi connectivity index (χ0) is 20.5. The molecular weight excluding hydrogens is 415 g/mol. The number of hydrogen-bond donors (Lipinski definition) is 1. The number of benzene rings is 2. The summed E-state index contributed by atoms with van der Waals surface area (Å²) in [5.74, 6) is 0.739. The van der Waals surface area contributed by atoms with Crippen LogP contribution in [0.2, 0.25) is 10.0 Å². The monoisotopic (exact) mass is 438 g/mol. The van der Waals surface area contributed by atoms with Crippen LogP contribution in [0.15, 0.2) is 48.5 Å². The molecule has 28 heavy (non-hydrogen) atoms. The van der Waals surface area contributed by atoms with Crippen molar-refractivity contribution in [2.45, 2.75) is 31.7 Å². The van der Waals surface area contributed by atoms with Gasteiger partial charge in [-0.05, 0) is 29.7 Å². The van der Waals surface area contributed by atoms with Gasteiger partial charge in [0.1, 0.15) is 6.04 Å². The van der Waals surface area contributed by atoms with Crippen molar-refractivity contribution in [3.05, 3.63) is 69.7 Å². The molecule has 1 N–H and O–H groups in total. The normalized spacial score (nSPS) is 11.7. The minimum atomic E-state index is -0.554. The van der Waals surface area contributed by atoms with Crippen LogP contribution in [0.25, 0.3) is 0 Å². The van der Waals surface area contributed by atoms with Crippen LogP contribution in [0.5, 0.6) is 0 Å². The Balaban J connectivity index is 2.14. The largest absolute Gasteiger partial charge is 0.357 e. The van der Waals surface area contributed by atoms with E-state index in [0.29, 0.717) is 16.5 Å². The van der Waals surface area contributed by atoms with Gasteiger partial charge in [-0.3, -0.25) is 9.59 Å². The lowest BCUT2D eigenvalue weighted by Crippen LogP contribution is -2.48. The molecule has 2 aromatic rings. The van der Waals surface area contributed by atoms with Crippen molar-refractivity contribution in [1.82, 2.24) is 10.2 Å². The maximum Gasteiger partial charge on any atom is 0.242 e. The number of amides is 2. The van der Waals surface area contributed by atoms with Crippen LogP contribution in [0, 0.1) is 0 Å². The van der Waals surface area contributed by atoms with Crippen molar-refractivity contribution in [3.63, 3.8) is 0 Å². The number of carbonyl (C=O) groups is 2. The standard InChI is InChI=1S/C21H24Cl2N2O2S/c1-3-19(21(27)24-2)25(12-16-9-10-17(22)11-18(16)23)20(26)14-28-13-15-7-5-4-6-8-15/h4-11,19H,3,12-14H2,1-2H3,(H,24,27). The van der Waals surface area contributed by atoms with Gasteiger partial charge in [0.25, 0.3) is 0 Å². The molecule has 150 valence electrons. The summed E-state index contributed by atoms with van der Waals surface area (Å²) >= 11 is 13.8. The van der Waals surface area contributed by atoms with Crippen LogP contribution in [0.4, 0.5) is 0 Å². The topological polar surface area (TPSA) is 49.4 Å². The molecule has 1 atom stereocenters. The third kappa shape index (κ3) is 6.43. The van der Waals surface area contributed by atoms with E-state index in [0.717, 1.165) is 16.9 Å². The molecule has 0 aliphatic carbocycles. The summed E-state index contributed by atoms with van der Waals surface area (Å²) in [7, 11) is 1.58. The SMILES string of the molecule is CCC(C(=O)NC)N(Cc1ccc(Cl)cc1Cl)C(=O)CSCc1ccccc1. The zero-order valence-electron chi connectivity index (χ0n) is 16.0. The van der Waals surface area contributed by atoms with Gasteiger partial charge < -0.3 is 10.2 Å². The molecule has 0 aliphatic rings. The molecule has 4 nitrogen and oxygen atoms in total. The predicted octanol–water partition coefficient (Wildman–Crippen LogP) is 4.78. The van der Waals surface area contributed by atoms with E-state index >= 15 is 0 Å². The highest BCUT2D eigenvalue weighted by Gasteiger charge is 2.28. The first-order valence-corrected chi connectivity index (χ1v) is 10.9. The smallest absolute Gasteiger partial charge is 0.242 e. The number of hydrogen-bond acceptors (Lipinski definition) is 3. The van der Waals surface area contributed by atoms with E-state index < -0.39 is 6.04 Å². The fraction of sp³-hybridized carbons (Fsp3) is 0.333. The van der Waals surface area contributed by atoms with Crippen LogP contribution >= 0.6 is 35.0 Å². The summed E-state index contributed by atoms with van der Waals surface area (Å²) in [6.45, 7) is 2.15. The Morgan fingerprint density at radius 2 is 1.86 bits per heavy atom. The molecule has 0 bridgehead atoms. The number of thioether (sulfide) groups is 1. The summed E-state index contributed by atoms with van der Waals surface area (Å²) in [5, 5.41) is 3.66. The van der Waals surface area contributed by atoms with E-state index in [1.807, 2.05) is 37.3 Å². The quantitative estimate of drug-likeness (QED) is 0.612. The molecule has 0 aromatic heterocycles. The molecule has 0 heterocycles. The highest BCUT2D eigenvalue weighted by Crippen LogP contribution is 2.24. The van der Waals surface area contributed by atoms with Gasteiger partial charge in [0.2, 0.25) is 11.8 Å². The Labute approximate surface area is 180 Å². The third-order valence-electron chi connectivity index (χ3n) is 4.33. The minimum absolute atomic E-state index is 0.0950. The lowest BCUT2D eigenvalue weighted by atomic mass is 10.1. The van der Waals surface area contributed by atoms with Gasteiger partial charge >= 0.3 is 0 Å². The lowest BCUT2D eigenvalue weighted by Gasteiger charge is -2.30. The van der Waals surface area contributed by atoms with Crippen LogP contribution in [-0.4, -0.2) is 35.6 Å². The minimum Gasteiger partial charge on any atom is -0.357 e. The number of rotatable bonds is 9. The third-order valence-corrected chi connectivity index (χ3v) is 5.90. The second-order valence-electron chi connectivity index (χ2n) is 6.27. The van der Waals surface area contributed by atoms with Gasteiger partial charge in [0.05, 0.1) is 5.75 Å². The maximum atomic E-state index is 13.0. The van der Waals surface area contributed by atoms with Crippen molar-refractivity contribution in [2.24, 2.45) is 0 Å². The van der Waals surface area contributed by atoms with Gasteiger partial charge in [-0.25, -0.2) is 0 Å². The van der Waals surface area contributed by atoms with E-state index in [9.17, 15) is 9.59 Å². The van der Waals surface area contributed by atoms with Crippen molar-refractivity contribution < 1.29 is 9.59 Å². The van der Waals surface area contributed by atoms with Crippen molar-refractivity contribution in [3.8, 4) is 0 Å². The molecule has 1 unspecified atom stereocenters. The molecule has 0 fully saturated rings. The van der Waals surface area contributed by atoms with Crippen LogP contribution in [-0.2, 0) is 21.9 Å². The Morgan fingerprint density at radius 1 is 1.14 bits per heavy atom. The Hall–Kier alpha value is -1.69. The Kier molecular flexibility index (Phi) is 9.16. The van der Waals surface area contributed by atoms with E-state index in [4.69, 9.17) is 23.2 Å². The van der Waals surface area contributed by atoms with Gasteiger partial charge in [-0.15, -0.1) is 11.8 Å². The van der Waals surface area contributed by atoms with Gasteiger partial charge in [0.15, 0.2) is 0 Å². The number of carbonyl (C=O) groups excluding carboxylic acids is 2. The summed E-state index contributed by atoms with van der Waals surface area (Å²) in [4.78, 5) is 26.9. The number of likely N-dealkylation sites (N-methyl/N-ethyl adjacent to an activating group) is 1. The second kappa shape index (κ2) is 11.3. The average Bonchev–Trinajstić information content (AvgIpc) is 2.69. The van der Waals surface area contributed by atoms with Crippen LogP contribution in [0.3, 0.4) is 0 Å². The van der Waals surface area contributed by atoms with E-state index in [1.165, 1.54) is 11.8 Å². The summed E-state index contributed by atoms with van der Waals surface area (Å²) in [6, 6.07) is 14.6. The molecule has 2 amide bonds. The van der Waals surface area contributed by atoms with E-state index in [2.05, 4.69) is 5.32 Å². The first-order chi connectivity index (χ1) is 13.5. The lowest BCUT2D eigenvalue weighted by molar-refractivity contribution is -0.139. The Morgan fingerprint density at radius 3 is 2.46 bits per heavy atom. The molecule has 7 heteroatoms. The van der Waals surface area contributed by atoms with Gasteiger partial charge in [0, 0.05) is 29.4 Å². The van der Waals surface area contributed by atoms with E-state index in [1.54, 1.807) is 30.1 Å². The summed E-state index contributed by atoms with van der Waals surface area (Å²) in [6.07, 6.45) is 0.514. The highest BCUT2D eigenvalue weighted by molar-refractivity contribution is 7.99. The molecule has 0 saturated heterocycles. The van der Waals surface area contributed by atoms with Gasteiger partial charge in [-0.2, -0.15) is 0 Å². The molecule has 0 spiro atoms. The van der Waals surface area contributed by atoms with Crippen molar-refractivity contribution in [1.29, 1.82) is 0 Å². The van der Waals surface area contributed by atoms with Crippen LogP contribution in [0.1, 0.15) is 24.5 Å². The molecular formula is C21H24Cl2N2O2S. The summed E-state index contributed by atoms with van der Waals surface area (Å²) < 4.78 is 0. The first-order valence-electron chi connectivity index (χ1n) is 9.03.